The van der Waals surface area contributed by atoms with Crippen LogP contribution in [0.2, 0.25) is 0 Å². The van der Waals surface area contributed by atoms with Crippen molar-refractivity contribution in [2.24, 2.45) is 0 Å². The van der Waals surface area contributed by atoms with Gasteiger partial charge in [-0.25, -0.2) is 9.48 Å². The molecule has 1 amide bonds. The number of benzene rings is 1. The van der Waals surface area contributed by atoms with Gasteiger partial charge in [0.1, 0.15) is 10.4 Å². The number of carboxylic acid groups (broad SMARTS) is 1. The van der Waals surface area contributed by atoms with Gasteiger partial charge in [-0.05, 0) is 25.1 Å². The van der Waals surface area contributed by atoms with Gasteiger partial charge in [0, 0.05) is 25.0 Å². The van der Waals surface area contributed by atoms with E-state index in [0.717, 1.165) is 39.6 Å². The number of aromatic nitrogens is 2. The fraction of sp³-hybridized carbons (Fsp3) is 0.381. The number of para-hydroxylation sites is 1. The van der Waals surface area contributed by atoms with Gasteiger partial charge in [0.15, 0.2) is 0 Å². The third kappa shape index (κ3) is 4.72. The molecule has 4 heterocycles. The molecule has 0 saturated carbocycles. The van der Waals surface area contributed by atoms with E-state index in [9.17, 15) is 18.0 Å². The van der Waals surface area contributed by atoms with Crippen molar-refractivity contribution in [3.63, 3.8) is 0 Å². The molecule has 2 aliphatic rings. The van der Waals surface area contributed by atoms with Crippen molar-refractivity contribution >= 4 is 33.4 Å². The van der Waals surface area contributed by atoms with Crippen LogP contribution >= 0.6 is 11.3 Å². The Kier molecular flexibility index (Phi) is 6.16. The summed E-state index contributed by atoms with van der Waals surface area (Å²) in [6.45, 7) is 5.56. The number of aryl methyl sites for hydroxylation is 1. The van der Waals surface area contributed by atoms with Crippen LogP contribution in [0.5, 0.6) is 0 Å². The number of morpholine rings is 1. The number of amides is 1. The summed E-state index contributed by atoms with van der Waals surface area (Å²) in [5.41, 5.74) is 1.78. The lowest BCUT2D eigenvalue weighted by molar-refractivity contribution is -0.192. The Labute approximate surface area is 190 Å². The molecule has 2 saturated heterocycles. The first-order valence-electron chi connectivity index (χ1n) is 10.1. The Morgan fingerprint density at radius 2 is 1.91 bits per heavy atom. The van der Waals surface area contributed by atoms with Crippen molar-refractivity contribution in [3.8, 4) is 5.69 Å². The summed E-state index contributed by atoms with van der Waals surface area (Å²) in [7, 11) is 0. The summed E-state index contributed by atoms with van der Waals surface area (Å²) < 4.78 is 39.6. The summed E-state index contributed by atoms with van der Waals surface area (Å²) >= 11 is 1.52. The summed E-state index contributed by atoms with van der Waals surface area (Å²) in [6, 6.07) is 12.0. The molecule has 2 fully saturated rings. The first-order valence-corrected chi connectivity index (χ1v) is 10.9. The molecule has 176 valence electrons. The summed E-state index contributed by atoms with van der Waals surface area (Å²) in [5.74, 6) is -2.66. The van der Waals surface area contributed by atoms with Crippen molar-refractivity contribution in [3.05, 3.63) is 47.0 Å². The smallest absolute Gasteiger partial charge is 0.475 e. The molecule has 33 heavy (non-hydrogen) atoms. The third-order valence-electron chi connectivity index (χ3n) is 5.43. The van der Waals surface area contributed by atoms with E-state index in [1.54, 1.807) is 0 Å². The highest BCUT2D eigenvalue weighted by Gasteiger charge is 2.43. The molecule has 5 rings (SSSR count). The number of carbonyl (C=O) groups excluding carboxylic acids is 1. The second-order valence-corrected chi connectivity index (χ2v) is 8.86. The van der Waals surface area contributed by atoms with Crippen molar-refractivity contribution in [1.82, 2.24) is 20.0 Å². The predicted molar refractivity (Wildman–Crippen MR) is 115 cm³/mol. The van der Waals surface area contributed by atoms with E-state index in [1.165, 1.54) is 11.3 Å². The largest absolute Gasteiger partial charge is 0.490 e. The molecule has 1 aromatic carbocycles. The van der Waals surface area contributed by atoms with Gasteiger partial charge < -0.3 is 20.1 Å². The summed E-state index contributed by atoms with van der Waals surface area (Å²) in [5, 5.41) is 16.1. The van der Waals surface area contributed by atoms with Gasteiger partial charge in [-0.15, -0.1) is 11.3 Å². The second-order valence-electron chi connectivity index (χ2n) is 7.83. The SMILES string of the molecule is Cc1nn(-c2ccccc2)c2sc(C(=O)N3CCOC4(CNC4)C3)cc12.O=C(O)C(F)(F)F. The van der Waals surface area contributed by atoms with E-state index < -0.39 is 12.1 Å². The Balaban J connectivity index is 0.000000325. The van der Waals surface area contributed by atoms with Gasteiger partial charge in [0.05, 0.1) is 29.4 Å². The van der Waals surface area contributed by atoms with E-state index >= 15 is 0 Å². The van der Waals surface area contributed by atoms with Crippen LogP contribution in [0.3, 0.4) is 0 Å². The van der Waals surface area contributed by atoms with Crippen LogP contribution in [-0.4, -0.2) is 76.2 Å². The van der Waals surface area contributed by atoms with Crippen LogP contribution in [-0.2, 0) is 9.53 Å². The zero-order chi connectivity index (χ0) is 23.8. The molecule has 8 nitrogen and oxygen atoms in total. The minimum atomic E-state index is -5.08. The molecule has 0 aliphatic carbocycles. The molecule has 1 spiro atoms. The van der Waals surface area contributed by atoms with E-state index in [0.29, 0.717) is 19.7 Å². The number of fused-ring (bicyclic) bond motifs is 1. The maximum atomic E-state index is 13.1. The van der Waals surface area contributed by atoms with Crippen molar-refractivity contribution in [1.29, 1.82) is 0 Å². The Morgan fingerprint density at radius 3 is 2.48 bits per heavy atom. The lowest BCUT2D eigenvalue weighted by atomic mass is 9.94. The van der Waals surface area contributed by atoms with Crippen LogP contribution in [0, 0.1) is 6.92 Å². The fourth-order valence-corrected chi connectivity index (χ4v) is 4.84. The van der Waals surface area contributed by atoms with Crippen LogP contribution in [0.25, 0.3) is 15.9 Å². The number of carboxylic acids is 1. The zero-order valence-corrected chi connectivity index (χ0v) is 18.4. The minimum absolute atomic E-state index is 0.0970. The van der Waals surface area contributed by atoms with Gasteiger partial charge >= 0.3 is 12.1 Å². The first kappa shape index (κ1) is 23.2. The van der Waals surface area contributed by atoms with Gasteiger partial charge in [0.25, 0.3) is 5.91 Å². The number of halogens is 3. The van der Waals surface area contributed by atoms with Crippen LogP contribution in [0.4, 0.5) is 13.2 Å². The molecule has 0 atom stereocenters. The first-order chi connectivity index (χ1) is 15.6. The Bertz CT molecular complexity index is 1170. The van der Waals surface area contributed by atoms with E-state index in [1.807, 2.05) is 52.9 Å². The number of thiophene rings is 1. The van der Waals surface area contributed by atoms with Crippen molar-refractivity contribution in [2.45, 2.75) is 18.7 Å². The number of hydrogen-bond donors (Lipinski definition) is 2. The van der Waals surface area contributed by atoms with Crippen LogP contribution in [0.1, 0.15) is 15.4 Å². The number of hydrogen-bond acceptors (Lipinski definition) is 6. The number of nitrogens with one attached hydrogen (secondary N) is 1. The van der Waals surface area contributed by atoms with Gasteiger partial charge in [-0.3, -0.25) is 4.79 Å². The highest BCUT2D eigenvalue weighted by molar-refractivity contribution is 7.20. The molecule has 2 aliphatic heterocycles. The van der Waals surface area contributed by atoms with Gasteiger partial charge in [-0.2, -0.15) is 18.3 Å². The number of nitrogens with zero attached hydrogens (tertiary/aromatic N) is 3. The Hall–Kier alpha value is -2.96. The number of ether oxygens (including phenoxy) is 1. The highest BCUT2D eigenvalue weighted by atomic mass is 32.1. The predicted octanol–water partition coefficient (Wildman–Crippen LogP) is 2.84. The molecular weight excluding hydrogens is 461 g/mol. The standard InChI is InChI=1S/C19H20N4O2S.C2HF3O2/c1-13-15-9-16(17(24)22-7-8-25-19(12-22)10-20-11-19)26-18(15)23(21-13)14-5-3-2-4-6-14;3-2(4,5)1(6)7/h2-6,9,20H,7-8,10-12H2,1H3;(H,6,7). The molecule has 0 bridgehead atoms. The fourth-order valence-electron chi connectivity index (χ4n) is 3.69. The maximum Gasteiger partial charge on any atom is 0.490 e. The molecular formula is C21H21F3N4O4S. The van der Waals surface area contributed by atoms with E-state index in [2.05, 4.69) is 10.4 Å². The van der Waals surface area contributed by atoms with Crippen LogP contribution in [0.15, 0.2) is 36.4 Å². The highest BCUT2D eigenvalue weighted by Crippen LogP contribution is 2.32. The number of alkyl halides is 3. The monoisotopic (exact) mass is 482 g/mol. The average molecular weight is 482 g/mol. The van der Waals surface area contributed by atoms with E-state index in [4.69, 9.17) is 14.6 Å². The Morgan fingerprint density at radius 1 is 1.24 bits per heavy atom. The topological polar surface area (TPSA) is 96.7 Å². The number of carbonyl (C=O) groups is 2. The molecule has 2 aromatic heterocycles. The molecule has 3 aromatic rings. The summed E-state index contributed by atoms with van der Waals surface area (Å²) in [6.07, 6.45) is -5.08. The molecule has 0 radical (unpaired) electrons. The molecule has 0 unspecified atom stereocenters. The minimum Gasteiger partial charge on any atom is -0.475 e. The molecule has 12 heteroatoms. The van der Waals surface area contributed by atoms with E-state index in [-0.39, 0.29) is 11.5 Å². The number of rotatable bonds is 2. The number of aliphatic carboxylic acids is 1. The van der Waals surface area contributed by atoms with Gasteiger partial charge in [0.2, 0.25) is 0 Å². The zero-order valence-electron chi connectivity index (χ0n) is 17.6. The third-order valence-corrected chi connectivity index (χ3v) is 6.53. The lowest BCUT2D eigenvalue weighted by Crippen LogP contribution is -2.69. The lowest BCUT2D eigenvalue weighted by Gasteiger charge is -2.48. The average Bonchev–Trinajstić information content (AvgIpc) is 3.33. The van der Waals surface area contributed by atoms with Crippen LogP contribution < -0.4 is 5.32 Å². The van der Waals surface area contributed by atoms with Gasteiger partial charge in [-0.1, -0.05) is 18.2 Å². The van der Waals surface area contributed by atoms with Crippen molar-refractivity contribution in [2.75, 3.05) is 32.8 Å². The summed E-state index contributed by atoms with van der Waals surface area (Å²) in [4.78, 5) is 25.7. The van der Waals surface area contributed by atoms with Crippen molar-refractivity contribution < 1.29 is 32.6 Å². The quantitative estimate of drug-likeness (QED) is 0.583. The normalized spacial score (nSPS) is 17.4. The second kappa shape index (κ2) is 8.76. The molecule has 2 N–H and O–H groups in total. The maximum absolute atomic E-state index is 13.1.